The molecule has 1 aliphatic heterocycles. The fourth-order valence-electron chi connectivity index (χ4n) is 3.29. The largest absolute Gasteiger partial charge is 0.493 e. The molecule has 2 unspecified atom stereocenters. The summed E-state index contributed by atoms with van der Waals surface area (Å²) in [6.45, 7) is 6.00. The molecule has 0 radical (unpaired) electrons. The molecule has 1 aromatic carbocycles. The Hall–Kier alpha value is -1.76. The predicted octanol–water partition coefficient (Wildman–Crippen LogP) is 3.56. The Morgan fingerprint density at radius 3 is 2.42 bits per heavy atom. The molecule has 0 bridgehead atoms. The van der Waals surface area contributed by atoms with Crippen molar-refractivity contribution in [3.05, 3.63) is 29.3 Å². The fourth-order valence-corrected chi connectivity index (χ4v) is 3.29. The van der Waals surface area contributed by atoms with Crippen molar-refractivity contribution in [3.63, 3.8) is 0 Å². The number of alkyl halides is 3. The van der Waals surface area contributed by atoms with Crippen LogP contribution in [0.1, 0.15) is 30.9 Å². The van der Waals surface area contributed by atoms with E-state index >= 15 is 0 Å². The van der Waals surface area contributed by atoms with E-state index in [2.05, 4.69) is 0 Å². The van der Waals surface area contributed by atoms with Crippen molar-refractivity contribution in [1.82, 2.24) is 9.80 Å². The number of carbonyl (C=O) groups is 1. The van der Waals surface area contributed by atoms with Crippen molar-refractivity contribution in [2.45, 2.75) is 51.9 Å². The lowest BCUT2D eigenvalue weighted by atomic mass is 10.1. The Bertz CT molecular complexity index is 613. The molecule has 1 amide bonds. The van der Waals surface area contributed by atoms with Gasteiger partial charge in [0, 0.05) is 25.6 Å². The van der Waals surface area contributed by atoms with Gasteiger partial charge >= 0.3 is 6.18 Å². The first-order chi connectivity index (χ1) is 12.1. The second kappa shape index (κ2) is 8.29. The molecular formula is C19H27F3N2O2. The third-order valence-electron chi connectivity index (χ3n) is 4.99. The fraction of sp³-hybridized carbons (Fsp3) is 0.632. The SMILES string of the molecule is Cc1cccc(C)c1OCCCC(=O)N1CC(C)N(C)C(C(F)(F)F)C1. The van der Waals surface area contributed by atoms with Crippen LogP contribution in [-0.4, -0.2) is 60.7 Å². The third kappa shape index (κ3) is 4.90. The van der Waals surface area contributed by atoms with E-state index in [0.717, 1.165) is 16.9 Å². The molecule has 26 heavy (non-hydrogen) atoms. The molecule has 1 fully saturated rings. The first-order valence-corrected chi connectivity index (χ1v) is 8.86. The third-order valence-corrected chi connectivity index (χ3v) is 4.99. The number of ether oxygens (including phenoxy) is 1. The van der Waals surface area contributed by atoms with E-state index in [4.69, 9.17) is 4.74 Å². The zero-order valence-corrected chi connectivity index (χ0v) is 15.8. The Balaban J connectivity index is 1.86. The van der Waals surface area contributed by atoms with Crippen LogP contribution in [-0.2, 0) is 4.79 Å². The average molecular weight is 372 g/mol. The Morgan fingerprint density at radius 1 is 1.23 bits per heavy atom. The molecule has 4 nitrogen and oxygen atoms in total. The highest BCUT2D eigenvalue weighted by atomic mass is 19.4. The van der Waals surface area contributed by atoms with Gasteiger partial charge in [-0.15, -0.1) is 0 Å². The van der Waals surface area contributed by atoms with Gasteiger partial charge in [-0.2, -0.15) is 13.2 Å². The monoisotopic (exact) mass is 372 g/mol. The van der Waals surface area contributed by atoms with Crippen molar-refractivity contribution in [2.24, 2.45) is 0 Å². The highest BCUT2D eigenvalue weighted by molar-refractivity contribution is 5.76. The zero-order chi connectivity index (χ0) is 19.5. The molecule has 1 aliphatic rings. The van der Waals surface area contributed by atoms with Crippen molar-refractivity contribution in [2.75, 3.05) is 26.7 Å². The van der Waals surface area contributed by atoms with Gasteiger partial charge in [0.2, 0.25) is 5.91 Å². The maximum Gasteiger partial charge on any atom is 0.405 e. The number of piperazine rings is 1. The summed E-state index contributed by atoms with van der Waals surface area (Å²) < 4.78 is 45.3. The second-order valence-corrected chi connectivity index (χ2v) is 7.04. The summed E-state index contributed by atoms with van der Waals surface area (Å²) in [5, 5.41) is 0. The van der Waals surface area contributed by atoms with Crippen LogP contribution in [0.5, 0.6) is 5.75 Å². The molecule has 0 aliphatic carbocycles. The molecular weight excluding hydrogens is 345 g/mol. The maximum atomic E-state index is 13.2. The topological polar surface area (TPSA) is 32.8 Å². The van der Waals surface area contributed by atoms with E-state index in [0.29, 0.717) is 19.6 Å². The minimum atomic E-state index is -4.34. The smallest absolute Gasteiger partial charge is 0.405 e. The lowest BCUT2D eigenvalue weighted by Gasteiger charge is -2.44. The van der Waals surface area contributed by atoms with E-state index in [1.165, 1.54) is 16.8 Å². The quantitative estimate of drug-likeness (QED) is 0.741. The highest BCUT2D eigenvalue weighted by Crippen LogP contribution is 2.29. The van der Waals surface area contributed by atoms with Crippen LogP contribution >= 0.6 is 0 Å². The minimum Gasteiger partial charge on any atom is -0.493 e. The van der Waals surface area contributed by atoms with Gasteiger partial charge in [0.05, 0.1) is 6.61 Å². The van der Waals surface area contributed by atoms with Crippen molar-refractivity contribution >= 4 is 5.91 Å². The van der Waals surface area contributed by atoms with E-state index in [-0.39, 0.29) is 24.9 Å². The van der Waals surface area contributed by atoms with E-state index < -0.39 is 12.2 Å². The summed E-state index contributed by atoms with van der Waals surface area (Å²) in [6.07, 6.45) is -3.68. The Kier molecular flexibility index (Phi) is 6.55. The number of amides is 1. The molecule has 2 atom stereocenters. The summed E-state index contributed by atoms with van der Waals surface area (Å²) in [4.78, 5) is 15.0. The van der Waals surface area contributed by atoms with Crippen LogP contribution in [0.15, 0.2) is 18.2 Å². The molecule has 146 valence electrons. The van der Waals surface area contributed by atoms with Gasteiger partial charge in [-0.3, -0.25) is 9.69 Å². The van der Waals surface area contributed by atoms with Crippen LogP contribution in [0.25, 0.3) is 0 Å². The van der Waals surface area contributed by atoms with Gasteiger partial charge in [0.1, 0.15) is 11.8 Å². The van der Waals surface area contributed by atoms with Crippen LogP contribution in [0.4, 0.5) is 13.2 Å². The molecule has 0 spiro atoms. The molecule has 1 aromatic rings. The number of benzene rings is 1. The number of rotatable bonds is 5. The Labute approximate surface area is 152 Å². The molecule has 0 aromatic heterocycles. The summed E-state index contributed by atoms with van der Waals surface area (Å²) in [5.41, 5.74) is 2.05. The van der Waals surface area contributed by atoms with E-state index in [9.17, 15) is 18.0 Å². The van der Waals surface area contributed by atoms with Gasteiger partial charge in [0.15, 0.2) is 0 Å². The first kappa shape index (κ1) is 20.6. The summed E-state index contributed by atoms with van der Waals surface area (Å²) >= 11 is 0. The molecule has 2 rings (SSSR count). The van der Waals surface area contributed by atoms with Crippen molar-refractivity contribution < 1.29 is 22.7 Å². The molecule has 0 N–H and O–H groups in total. The molecule has 7 heteroatoms. The van der Waals surface area contributed by atoms with Gasteiger partial charge in [-0.1, -0.05) is 18.2 Å². The maximum absolute atomic E-state index is 13.2. The second-order valence-electron chi connectivity index (χ2n) is 7.04. The van der Waals surface area contributed by atoms with Crippen LogP contribution in [0.2, 0.25) is 0 Å². The van der Waals surface area contributed by atoms with Gasteiger partial charge < -0.3 is 9.64 Å². The number of para-hydroxylation sites is 1. The zero-order valence-electron chi connectivity index (χ0n) is 15.8. The van der Waals surface area contributed by atoms with E-state index in [1.54, 1.807) is 6.92 Å². The lowest BCUT2D eigenvalue weighted by Crippen LogP contribution is -2.62. The summed E-state index contributed by atoms with van der Waals surface area (Å²) in [5.74, 6) is 0.564. The van der Waals surface area contributed by atoms with Gasteiger partial charge in [-0.25, -0.2) is 0 Å². The first-order valence-electron chi connectivity index (χ1n) is 8.86. The Morgan fingerprint density at radius 2 is 1.85 bits per heavy atom. The number of nitrogens with zero attached hydrogens (tertiary/aromatic N) is 2. The number of halogens is 3. The van der Waals surface area contributed by atoms with Crippen molar-refractivity contribution in [3.8, 4) is 5.75 Å². The number of hydrogen-bond donors (Lipinski definition) is 0. The predicted molar refractivity (Wildman–Crippen MR) is 94.3 cm³/mol. The van der Waals surface area contributed by atoms with Crippen LogP contribution < -0.4 is 4.74 Å². The molecule has 0 saturated carbocycles. The highest BCUT2D eigenvalue weighted by Gasteiger charge is 2.47. The number of carbonyl (C=O) groups excluding carboxylic acids is 1. The summed E-state index contributed by atoms with van der Waals surface area (Å²) in [6, 6.07) is 3.92. The average Bonchev–Trinajstić information content (AvgIpc) is 2.54. The molecule has 1 heterocycles. The number of hydrogen-bond acceptors (Lipinski definition) is 3. The van der Waals surface area contributed by atoms with Crippen LogP contribution in [0.3, 0.4) is 0 Å². The summed E-state index contributed by atoms with van der Waals surface area (Å²) in [7, 11) is 1.46. The van der Waals surface area contributed by atoms with Crippen LogP contribution in [0, 0.1) is 13.8 Å². The van der Waals surface area contributed by atoms with E-state index in [1.807, 2.05) is 32.0 Å². The minimum absolute atomic E-state index is 0.186. The van der Waals surface area contributed by atoms with Gasteiger partial charge in [-0.05, 0) is 45.4 Å². The lowest BCUT2D eigenvalue weighted by molar-refractivity contribution is -0.201. The number of aryl methyl sites for hydroxylation is 2. The van der Waals surface area contributed by atoms with Gasteiger partial charge in [0.25, 0.3) is 0 Å². The molecule has 1 saturated heterocycles. The number of likely N-dealkylation sites (N-methyl/N-ethyl adjacent to an activating group) is 1. The normalized spacial score (nSPS) is 21.7. The van der Waals surface area contributed by atoms with Crippen molar-refractivity contribution in [1.29, 1.82) is 0 Å². The standard InChI is InChI=1S/C19H27F3N2O2/c1-13-7-5-8-14(2)18(13)26-10-6-9-17(25)24-11-15(3)23(4)16(12-24)19(20,21)22/h5,7-8,15-16H,6,9-12H2,1-4H3.